The van der Waals surface area contributed by atoms with Gasteiger partial charge in [-0.25, -0.2) is 0 Å². The number of hydrogen-bond acceptors (Lipinski definition) is 5. The Labute approximate surface area is 119 Å². The number of likely N-dealkylation sites (N-methyl/N-ethyl adjacent to an activating group) is 1. The summed E-state index contributed by atoms with van der Waals surface area (Å²) in [5.74, 6) is 0. The lowest BCUT2D eigenvalue weighted by Gasteiger charge is -2.19. The maximum Gasteiger partial charge on any atom is 0.292 e. The molecule has 6 heteroatoms. The predicted octanol–water partition coefficient (Wildman–Crippen LogP) is 2.32. The molecule has 0 atom stereocenters. The molecule has 0 aromatic heterocycles. The number of nitro groups is 1. The highest BCUT2D eigenvalue weighted by Crippen LogP contribution is 2.36. The Morgan fingerprint density at radius 3 is 2.80 bits per heavy atom. The van der Waals surface area contributed by atoms with Crippen molar-refractivity contribution in [3.05, 3.63) is 27.8 Å². The van der Waals surface area contributed by atoms with Crippen LogP contribution < -0.4 is 10.6 Å². The standard InChI is InChI=1S/C14H22N4O2/c1-3-17(4-2)10-9-16-14-11-7-8-15-12(11)5-6-13(14)18(19)20/h5-6,15-16H,3-4,7-10H2,1-2H3. The molecule has 6 nitrogen and oxygen atoms in total. The van der Waals surface area contributed by atoms with Crippen LogP contribution in [0, 0.1) is 10.1 Å². The highest BCUT2D eigenvalue weighted by molar-refractivity contribution is 5.77. The summed E-state index contributed by atoms with van der Waals surface area (Å²) in [5, 5.41) is 17.7. The molecule has 0 saturated carbocycles. The smallest absolute Gasteiger partial charge is 0.292 e. The van der Waals surface area contributed by atoms with Crippen molar-refractivity contribution in [3.8, 4) is 0 Å². The van der Waals surface area contributed by atoms with Gasteiger partial charge in [-0.1, -0.05) is 13.8 Å². The van der Waals surface area contributed by atoms with Crippen molar-refractivity contribution in [2.45, 2.75) is 20.3 Å². The number of fused-ring (bicyclic) bond motifs is 1. The van der Waals surface area contributed by atoms with Crippen LogP contribution in [-0.2, 0) is 6.42 Å². The molecule has 1 aromatic carbocycles. The van der Waals surface area contributed by atoms with Gasteiger partial charge in [-0.3, -0.25) is 10.1 Å². The third-order valence-corrected chi connectivity index (χ3v) is 3.80. The molecule has 1 aliphatic rings. The number of rotatable bonds is 7. The summed E-state index contributed by atoms with van der Waals surface area (Å²) < 4.78 is 0. The van der Waals surface area contributed by atoms with Gasteiger partial charge in [-0.15, -0.1) is 0 Å². The second-order valence-corrected chi connectivity index (χ2v) is 4.87. The SMILES string of the molecule is CCN(CC)CCNc1c([N+](=O)[O-])ccc2c1CCN2. The molecule has 20 heavy (non-hydrogen) atoms. The van der Waals surface area contributed by atoms with Gasteiger partial charge < -0.3 is 15.5 Å². The number of nitrogens with zero attached hydrogens (tertiary/aromatic N) is 2. The summed E-state index contributed by atoms with van der Waals surface area (Å²) in [6.45, 7) is 8.69. The first kappa shape index (κ1) is 14.6. The van der Waals surface area contributed by atoms with E-state index in [4.69, 9.17) is 0 Å². The van der Waals surface area contributed by atoms with Gasteiger partial charge in [0.1, 0.15) is 5.69 Å². The van der Waals surface area contributed by atoms with Gasteiger partial charge in [0.15, 0.2) is 0 Å². The maximum absolute atomic E-state index is 11.2. The van der Waals surface area contributed by atoms with E-state index < -0.39 is 0 Å². The van der Waals surface area contributed by atoms with Crippen molar-refractivity contribution in [2.24, 2.45) is 0 Å². The molecule has 0 spiro atoms. The average Bonchev–Trinajstić information content (AvgIpc) is 2.91. The van der Waals surface area contributed by atoms with E-state index in [9.17, 15) is 10.1 Å². The fraction of sp³-hybridized carbons (Fsp3) is 0.571. The molecule has 110 valence electrons. The van der Waals surface area contributed by atoms with Gasteiger partial charge in [0.05, 0.1) is 4.92 Å². The van der Waals surface area contributed by atoms with Crippen LogP contribution in [0.15, 0.2) is 12.1 Å². The van der Waals surface area contributed by atoms with E-state index in [2.05, 4.69) is 29.4 Å². The van der Waals surface area contributed by atoms with E-state index >= 15 is 0 Å². The van der Waals surface area contributed by atoms with E-state index in [1.165, 1.54) is 0 Å². The van der Waals surface area contributed by atoms with Crippen LogP contribution in [0.25, 0.3) is 0 Å². The normalized spacial score (nSPS) is 13.2. The molecule has 1 aliphatic heterocycles. The van der Waals surface area contributed by atoms with Crippen molar-refractivity contribution in [3.63, 3.8) is 0 Å². The fourth-order valence-electron chi connectivity index (χ4n) is 2.61. The van der Waals surface area contributed by atoms with Gasteiger partial charge in [0.2, 0.25) is 0 Å². The zero-order chi connectivity index (χ0) is 14.5. The molecule has 0 unspecified atom stereocenters. The fourth-order valence-corrected chi connectivity index (χ4v) is 2.61. The van der Waals surface area contributed by atoms with Crippen LogP contribution in [0.1, 0.15) is 19.4 Å². The lowest BCUT2D eigenvalue weighted by atomic mass is 10.1. The van der Waals surface area contributed by atoms with Gasteiger partial charge in [0.25, 0.3) is 5.69 Å². The Balaban J connectivity index is 2.13. The van der Waals surface area contributed by atoms with Crippen molar-refractivity contribution in [2.75, 3.05) is 43.4 Å². The first-order valence-corrected chi connectivity index (χ1v) is 7.17. The van der Waals surface area contributed by atoms with Crippen LogP contribution in [0.2, 0.25) is 0 Å². The Bertz CT molecular complexity index is 486. The minimum Gasteiger partial charge on any atom is -0.384 e. The summed E-state index contributed by atoms with van der Waals surface area (Å²) in [6.07, 6.45) is 0.838. The molecular formula is C14H22N4O2. The van der Waals surface area contributed by atoms with Gasteiger partial charge in [-0.2, -0.15) is 0 Å². The monoisotopic (exact) mass is 278 g/mol. The van der Waals surface area contributed by atoms with E-state index in [1.807, 2.05) is 0 Å². The molecular weight excluding hydrogens is 256 g/mol. The number of nitro benzene ring substituents is 1. The molecule has 0 fully saturated rings. The van der Waals surface area contributed by atoms with Crippen LogP contribution >= 0.6 is 0 Å². The molecule has 0 radical (unpaired) electrons. The number of anilines is 2. The quantitative estimate of drug-likeness (QED) is 0.591. The highest BCUT2D eigenvalue weighted by atomic mass is 16.6. The second kappa shape index (κ2) is 6.56. The Morgan fingerprint density at radius 1 is 1.40 bits per heavy atom. The number of benzene rings is 1. The van der Waals surface area contributed by atoms with Gasteiger partial charge in [0, 0.05) is 37.0 Å². The lowest BCUT2D eigenvalue weighted by Crippen LogP contribution is -2.28. The molecule has 1 heterocycles. The molecule has 0 saturated heterocycles. The largest absolute Gasteiger partial charge is 0.384 e. The Morgan fingerprint density at radius 2 is 2.15 bits per heavy atom. The first-order valence-electron chi connectivity index (χ1n) is 7.17. The molecule has 1 aromatic rings. The molecule has 0 aliphatic carbocycles. The summed E-state index contributed by atoms with van der Waals surface area (Å²) in [6, 6.07) is 3.38. The topological polar surface area (TPSA) is 70.4 Å². The van der Waals surface area contributed by atoms with Gasteiger partial charge >= 0.3 is 0 Å². The van der Waals surface area contributed by atoms with Crippen molar-refractivity contribution in [1.82, 2.24) is 4.90 Å². The Kier molecular flexibility index (Phi) is 4.79. The van der Waals surface area contributed by atoms with E-state index in [1.54, 1.807) is 12.1 Å². The van der Waals surface area contributed by atoms with E-state index in [-0.39, 0.29) is 10.6 Å². The zero-order valence-electron chi connectivity index (χ0n) is 12.1. The third-order valence-electron chi connectivity index (χ3n) is 3.80. The minimum atomic E-state index is -0.307. The Hall–Kier alpha value is -1.82. The highest BCUT2D eigenvalue weighted by Gasteiger charge is 2.23. The van der Waals surface area contributed by atoms with E-state index in [0.29, 0.717) is 5.69 Å². The van der Waals surface area contributed by atoms with Crippen LogP contribution in [-0.4, -0.2) is 42.5 Å². The maximum atomic E-state index is 11.2. The predicted molar refractivity (Wildman–Crippen MR) is 81.6 cm³/mol. The second-order valence-electron chi connectivity index (χ2n) is 4.87. The van der Waals surface area contributed by atoms with Crippen molar-refractivity contribution >= 4 is 17.1 Å². The van der Waals surface area contributed by atoms with Crippen molar-refractivity contribution in [1.29, 1.82) is 0 Å². The summed E-state index contributed by atoms with van der Waals surface area (Å²) in [5.41, 5.74) is 2.91. The number of hydrogen-bond donors (Lipinski definition) is 2. The average molecular weight is 278 g/mol. The lowest BCUT2D eigenvalue weighted by molar-refractivity contribution is -0.384. The van der Waals surface area contributed by atoms with Crippen LogP contribution in [0.4, 0.5) is 17.1 Å². The van der Waals surface area contributed by atoms with E-state index in [0.717, 1.165) is 50.4 Å². The summed E-state index contributed by atoms with van der Waals surface area (Å²) in [4.78, 5) is 13.2. The molecule has 2 rings (SSSR count). The van der Waals surface area contributed by atoms with Gasteiger partial charge in [-0.05, 0) is 25.6 Å². The summed E-state index contributed by atoms with van der Waals surface area (Å²) in [7, 11) is 0. The first-order chi connectivity index (χ1) is 9.67. The van der Waals surface area contributed by atoms with Crippen LogP contribution in [0.5, 0.6) is 0 Å². The molecule has 0 bridgehead atoms. The molecule has 0 amide bonds. The zero-order valence-corrected chi connectivity index (χ0v) is 12.1. The van der Waals surface area contributed by atoms with Crippen molar-refractivity contribution < 1.29 is 4.92 Å². The summed E-state index contributed by atoms with van der Waals surface area (Å²) >= 11 is 0. The van der Waals surface area contributed by atoms with Crippen LogP contribution in [0.3, 0.4) is 0 Å². The third kappa shape index (κ3) is 3.01. The number of nitrogens with one attached hydrogen (secondary N) is 2. The molecule has 2 N–H and O–H groups in total. The minimum absolute atomic E-state index is 0.173.